The van der Waals surface area contributed by atoms with Crippen LogP contribution in [0.4, 0.5) is 0 Å². The van der Waals surface area contributed by atoms with Gasteiger partial charge in [0.2, 0.25) is 0 Å². The molecule has 1 aliphatic rings. The molecule has 142 valence electrons. The van der Waals surface area contributed by atoms with Crippen LogP contribution in [0.5, 0.6) is 5.75 Å². The minimum atomic E-state index is 0.244. The summed E-state index contributed by atoms with van der Waals surface area (Å²) in [6.07, 6.45) is 1.50. The Balaban J connectivity index is 2.01. The second kappa shape index (κ2) is 7.81. The first-order chi connectivity index (χ1) is 12.8. The van der Waals surface area contributed by atoms with Crippen LogP contribution in [0.25, 0.3) is 0 Å². The van der Waals surface area contributed by atoms with Gasteiger partial charge in [0, 0.05) is 12.0 Å². The molecular formula is C23H28N2OS. The number of hydrogen-bond donors (Lipinski definition) is 2. The van der Waals surface area contributed by atoms with Crippen LogP contribution in [0.3, 0.4) is 0 Å². The molecule has 2 aromatic rings. The lowest BCUT2D eigenvalue weighted by Crippen LogP contribution is -2.15. The van der Waals surface area contributed by atoms with E-state index in [0.29, 0.717) is 5.92 Å². The Bertz CT molecular complexity index is 915. The first kappa shape index (κ1) is 19.6. The Morgan fingerprint density at radius 1 is 1.04 bits per heavy atom. The Kier molecular flexibility index (Phi) is 5.66. The minimum Gasteiger partial charge on any atom is -0.507 e. The smallest absolute Gasteiger partial charge is 0.124 e. The molecule has 1 heterocycles. The van der Waals surface area contributed by atoms with Gasteiger partial charge in [-0.1, -0.05) is 44.3 Å². The Morgan fingerprint density at radius 2 is 1.78 bits per heavy atom. The molecule has 3 nitrogen and oxygen atoms in total. The number of hydrazone groups is 1. The van der Waals surface area contributed by atoms with Crippen molar-refractivity contribution in [3.8, 4) is 5.75 Å². The van der Waals surface area contributed by atoms with E-state index in [1.807, 2.05) is 13.0 Å². The Hall–Kier alpha value is -2.20. The van der Waals surface area contributed by atoms with Crippen LogP contribution >= 0.6 is 12.2 Å². The van der Waals surface area contributed by atoms with E-state index in [9.17, 15) is 5.11 Å². The maximum Gasteiger partial charge on any atom is 0.124 e. The quantitative estimate of drug-likeness (QED) is 0.677. The summed E-state index contributed by atoms with van der Waals surface area (Å²) >= 11 is 5.47. The van der Waals surface area contributed by atoms with Crippen LogP contribution in [-0.2, 0) is 0 Å². The normalized spacial score (nSPS) is 17.5. The molecule has 0 fully saturated rings. The van der Waals surface area contributed by atoms with E-state index in [2.05, 4.69) is 62.5 Å². The summed E-state index contributed by atoms with van der Waals surface area (Å²) in [5, 5.41) is 15.2. The third-order valence-corrected chi connectivity index (χ3v) is 5.76. The fourth-order valence-corrected chi connectivity index (χ4v) is 3.98. The van der Waals surface area contributed by atoms with Gasteiger partial charge in [0.25, 0.3) is 0 Å². The molecule has 3 rings (SSSR count). The molecule has 2 aromatic carbocycles. The maximum absolute atomic E-state index is 10.6. The largest absolute Gasteiger partial charge is 0.507 e. The van der Waals surface area contributed by atoms with Crippen LogP contribution in [0, 0.1) is 20.8 Å². The van der Waals surface area contributed by atoms with E-state index in [4.69, 9.17) is 12.2 Å². The molecule has 0 unspecified atom stereocenters. The van der Waals surface area contributed by atoms with Crippen molar-refractivity contribution in [3.63, 3.8) is 0 Å². The summed E-state index contributed by atoms with van der Waals surface area (Å²) in [5.74, 6) is 0.915. The lowest BCUT2D eigenvalue weighted by atomic mass is 9.86. The second-order valence-electron chi connectivity index (χ2n) is 7.92. The molecule has 4 heteroatoms. The zero-order chi connectivity index (χ0) is 19.7. The van der Waals surface area contributed by atoms with Gasteiger partial charge in [-0.25, -0.2) is 0 Å². The zero-order valence-corrected chi connectivity index (χ0v) is 17.6. The summed E-state index contributed by atoms with van der Waals surface area (Å²) in [5.41, 5.74) is 10.9. The second-order valence-corrected chi connectivity index (χ2v) is 8.42. The first-order valence-electron chi connectivity index (χ1n) is 9.52. The van der Waals surface area contributed by atoms with Crippen LogP contribution < -0.4 is 5.43 Å². The number of rotatable bonds is 3. The summed E-state index contributed by atoms with van der Waals surface area (Å²) in [6, 6.07) is 10.5. The van der Waals surface area contributed by atoms with Crippen molar-refractivity contribution in [1.82, 2.24) is 5.43 Å². The predicted molar refractivity (Wildman–Crippen MR) is 117 cm³/mol. The fraction of sp³-hybridized carbons (Fsp3) is 0.391. The van der Waals surface area contributed by atoms with Crippen molar-refractivity contribution >= 4 is 22.9 Å². The lowest BCUT2D eigenvalue weighted by molar-refractivity contribution is 0.473. The molecule has 2 N–H and O–H groups in total. The molecular weight excluding hydrogens is 352 g/mol. The van der Waals surface area contributed by atoms with E-state index in [0.717, 1.165) is 34.7 Å². The van der Waals surface area contributed by atoms with E-state index in [1.54, 1.807) is 0 Å². The van der Waals surface area contributed by atoms with E-state index >= 15 is 0 Å². The van der Waals surface area contributed by atoms with Gasteiger partial charge in [-0.15, -0.1) is 0 Å². The van der Waals surface area contributed by atoms with E-state index in [-0.39, 0.29) is 11.7 Å². The monoisotopic (exact) mass is 380 g/mol. The van der Waals surface area contributed by atoms with E-state index in [1.165, 1.54) is 22.3 Å². The molecule has 0 bridgehead atoms. The molecule has 0 spiro atoms. The number of phenolic OH excluding ortho intramolecular Hbond substituents is 1. The van der Waals surface area contributed by atoms with Gasteiger partial charge in [-0.3, -0.25) is 5.43 Å². The molecule has 27 heavy (non-hydrogen) atoms. The number of benzene rings is 2. The number of hydrogen-bond acceptors (Lipinski definition) is 3. The molecule has 0 radical (unpaired) electrons. The van der Waals surface area contributed by atoms with Crippen LogP contribution in [-0.4, -0.2) is 15.8 Å². The lowest BCUT2D eigenvalue weighted by Gasteiger charge is -2.19. The van der Waals surface area contributed by atoms with Gasteiger partial charge in [0.15, 0.2) is 0 Å². The number of thiocarbonyl (C=S) groups is 1. The van der Waals surface area contributed by atoms with Crippen molar-refractivity contribution in [2.75, 3.05) is 0 Å². The number of nitrogens with one attached hydrogen (secondary N) is 1. The average molecular weight is 381 g/mol. The predicted octanol–water partition coefficient (Wildman–Crippen LogP) is 5.64. The van der Waals surface area contributed by atoms with Gasteiger partial charge in [0.05, 0.1) is 10.7 Å². The van der Waals surface area contributed by atoms with Crippen molar-refractivity contribution in [3.05, 3.63) is 63.7 Å². The summed E-state index contributed by atoms with van der Waals surface area (Å²) in [4.78, 5) is 0.740. The van der Waals surface area contributed by atoms with Crippen LogP contribution in [0.1, 0.15) is 71.9 Å². The number of phenols is 1. The van der Waals surface area contributed by atoms with E-state index < -0.39 is 0 Å². The SMILES string of the molecule is Cc1ccc([C@H]2CC(=S)NN=C(c3cc(C(C)C)c(C)cc3O)C2)cc1C. The zero-order valence-electron chi connectivity index (χ0n) is 16.8. The Morgan fingerprint density at radius 3 is 2.44 bits per heavy atom. The summed E-state index contributed by atoms with van der Waals surface area (Å²) < 4.78 is 0. The maximum atomic E-state index is 10.6. The standard InChI is InChI=1S/C23H28N2OS/c1-13(2)19-12-20(22(26)9-16(19)5)21-10-18(11-23(27)25-24-21)17-7-6-14(3)15(4)8-17/h6-9,12-13,18,26H,10-11H2,1-5H3,(H,25,27)/t18-/m1/s1. The third-order valence-electron chi connectivity index (χ3n) is 5.51. The molecule has 0 aliphatic carbocycles. The number of nitrogens with zero attached hydrogens (tertiary/aromatic N) is 1. The highest BCUT2D eigenvalue weighted by Gasteiger charge is 2.24. The third kappa shape index (κ3) is 4.22. The van der Waals surface area contributed by atoms with Gasteiger partial charge in [-0.05, 0) is 79.0 Å². The first-order valence-corrected chi connectivity index (χ1v) is 9.93. The highest BCUT2D eigenvalue weighted by molar-refractivity contribution is 7.80. The highest BCUT2D eigenvalue weighted by atomic mass is 32.1. The summed E-state index contributed by atoms with van der Waals surface area (Å²) in [6.45, 7) is 10.6. The van der Waals surface area contributed by atoms with Gasteiger partial charge in [0.1, 0.15) is 5.75 Å². The van der Waals surface area contributed by atoms with Gasteiger partial charge < -0.3 is 5.11 Å². The van der Waals surface area contributed by atoms with Gasteiger partial charge in [-0.2, -0.15) is 5.10 Å². The minimum absolute atomic E-state index is 0.244. The molecule has 1 aliphatic heterocycles. The molecule has 1 atom stereocenters. The van der Waals surface area contributed by atoms with Crippen molar-refractivity contribution in [1.29, 1.82) is 0 Å². The van der Waals surface area contributed by atoms with Crippen molar-refractivity contribution < 1.29 is 5.11 Å². The van der Waals surface area contributed by atoms with Crippen molar-refractivity contribution in [2.24, 2.45) is 5.10 Å². The number of aromatic hydroxyl groups is 1. The molecule has 0 amide bonds. The van der Waals surface area contributed by atoms with Gasteiger partial charge >= 0.3 is 0 Å². The van der Waals surface area contributed by atoms with Crippen LogP contribution in [0.15, 0.2) is 35.4 Å². The fourth-order valence-electron chi connectivity index (χ4n) is 3.74. The molecule has 0 aromatic heterocycles. The molecule has 0 saturated heterocycles. The van der Waals surface area contributed by atoms with Crippen LogP contribution in [0.2, 0.25) is 0 Å². The van der Waals surface area contributed by atoms with Crippen molar-refractivity contribution in [2.45, 2.75) is 59.3 Å². The Labute approximate surface area is 167 Å². The topological polar surface area (TPSA) is 44.6 Å². The highest BCUT2D eigenvalue weighted by Crippen LogP contribution is 2.33. The number of aryl methyl sites for hydroxylation is 3. The molecule has 0 saturated carbocycles. The average Bonchev–Trinajstić information content (AvgIpc) is 2.79. The summed E-state index contributed by atoms with van der Waals surface area (Å²) in [7, 11) is 0.